The highest BCUT2D eigenvalue weighted by Crippen LogP contribution is 2.27. The van der Waals surface area contributed by atoms with E-state index in [0.717, 1.165) is 5.56 Å². The molecule has 2 aromatic heterocycles. The van der Waals surface area contributed by atoms with E-state index in [4.69, 9.17) is 0 Å². The Labute approximate surface area is 96.6 Å². The highest BCUT2D eigenvalue weighted by atomic mass is 32.1. The van der Waals surface area contributed by atoms with Crippen LogP contribution in [0.15, 0.2) is 34.3 Å². The Kier molecular flexibility index (Phi) is 3.18. The second kappa shape index (κ2) is 4.59. The molecule has 2 aromatic rings. The van der Waals surface area contributed by atoms with Crippen LogP contribution in [-0.2, 0) is 4.79 Å². The molecular formula is C11H11NOS2. The molecule has 0 radical (unpaired) electrons. The van der Waals surface area contributed by atoms with Crippen LogP contribution in [0.3, 0.4) is 0 Å². The molecule has 0 spiro atoms. The number of rotatable bonds is 3. The Bertz CT molecular complexity index is 385. The first-order valence-electron chi connectivity index (χ1n) is 4.60. The third kappa shape index (κ3) is 2.46. The van der Waals surface area contributed by atoms with Gasteiger partial charge in [0, 0.05) is 11.8 Å². The second-order valence-electron chi connectivity index (χ2n) is 3.21. The SMILES string of the molecule is CC(=O)N[C@@H](c1ccsc1)c1cccs1. The van der Waals surface area contributed by atoms with Gasteiger partial charge < -0.3 is 5.32 Å². The van der Waals surface area contributed by atoms with Crippen molar-refractivity contribution in [2.75, 3.05) is 0 Å². The van der Waals surface area contributed by atoms with Gasteiger partial charge in [0.05, 0.1) is 6.04 Å². The molecule has 0 saturated carbocycles. The lowest BCUT2D eigenvalue weighted by molar-refractivity contribution is -0.119. The topological polar surface area (TPSA) is 29.1 Å². The fourth-order valence-electron chi connectivity index (χ4n) is 1.42. The number of hydrogen-bond donors (Lipinski definition) is 1. The van der Waals surface area contributed by atoms with Crippen LogP contribution in [0.4, 0.5) is 0 Å². The van der Waals surface area contributed by atoms with Crippen LogP contribution in [0.2, 0.25) is 0 Å². The minimum atomic E-state index is -0.000370. The summed E-state index contributed by atoms with van der Waals surface area (Å²) in [5, 5.41) is 9.08. The van der Waals surface area contributed by atoms with Crippen LogP contribution in [-0.4, -0.2) is 5.91 Å². The molecule has 0 aliphatic rings. The second-order valence-corrected chi connectivity index (χ2v) is 4.96. The molecular weight excluding hydrogens is 226 g/mol. The summed E-state index contributed by atoms with van der Waals surface area (Å²) in [6, 6.07) is 6.10. The largest absolute Gasteiger partial charge is 0.345 e. The maximum absolute atomic E-state index is 11.1. The maximum Gasteiger partial charge on any atom is 0.217 e. The lowest BCUT2D eigenvalue weighted by Gasteiger charge is -2.14. The van der Waals surface area contributed by atoms with Gasteiger partial charge in [-0.05, 0) is 33.8 Å². The molecule has 0 fully saturated rings. The van der Waals surface area contributed by atoms with Gasteiger partial charge in [-0.25, -0.2) is 0 Å². The van der Waals surface area contributed by atoms with Gasteiger partial charge in [-0.2, -0.15) is 11.3 Å². The average molecular weight is 237 g/mol. The minimum absolute atomic E-state index is 0.000370. The summed E-state index contributed by atoms with van der Waals surface area (Å²) in [5.41, 5.74) is 1.15. The normalized spacial score (nSPS) is 12.3. The fourth-order valence-corrected chi connectivity index (χ4v) is 2.91. The summed E-state index contributed by atoms with van der Waals surface area (Å²) in [4.78, 5) is 12.3. The number of nitrogens with one attached hydrogen (secondary N) is 1. The maximum atomic E-state index is 11.1. The minimum Gasteiger partial charge on any atom is -0.345 e. The van der Waals surface area contributed by atoms with E-state index in [2.05, 4.69) is 10.7 Å². The van der Waals surface area contributed by atoms with E-state index in [1.54, 1.807) is 29.6 Å². The van der Waals surface area contributed by atoms with Crippen LogP contribution in [0.5, 0.6) is 0 Å². The molecule has 2 rings (SSSR count). The zero-order chi connectivity index (χ0) is 10.7. The van der Waals surface area contributed by atoms with Gasteiger partial charge in [0.1, 0.15) is 0 Å². The lowest BCUT2D eigenvalue weighted by atomic mass is 10.1. The van der Waals surface area contributed by atoms with E-state index in [1.165, 1.54) is 4.88 Å². The first-order chi connectivity index (χ1) is 7.27. The Morgan fingerprint density at radius 2 is 2.27 bits per heavy atom. The smallest absolute Gasteiger partial charge is 0.217 e. The first kappa shape index (κ1) is 10.4. The molecule has 0 aromatic carbocycles. The van der Waals surface area contributed by atoms with E-state index in [-0.39, 0.29) is 11.9 Å². The molecule has 2 nitrogen and oxygen atoms in total. The molecule has 1 N–H and O–H groups in total. The summed E-state index contributed by atoms with van der Waals surface area (Å²) in [6.45, 7) is 1.55. The third-order valence-corrected chi connectivity index (χ3v) is 3.69. The van der Waals surface area contributed by atoms with Crippen molar-refractivity contribution in [2.45, 2.75) is 13.0 Å². The quantitative estimate of drug-likeness (QED) is 0.873. The molecule has 0 aliphatic heterocycles. The average Bonchev–Trinajstić information content (AvgIpc) is 2.87. The zero-order valence-electron chi connectivity index (χ0n) is 8.27. The molecule has 1 amide bonds. The lowest BCUT2D eigenvalue weighted by Crippen LogP contribution is -2.25. The third-order valence-electron chi connectivity index (χ3n) is 2.05. The predicted molar refractivity (Wildman–Crippen MR) is 64.3 cm³/mol. The summed E-state index contributed by atoms with van der Waals surface area (Å²) < 4.78 is 0. The van der Waals surface area contributed by atoms with Gasteiger partial charge in [0.2, 0.25) is 5.91 Å². The fraction of sp³-hybridized carbons (Fsp3) is 0.182. The number of thiophene rings is 2. The number of hydrogen-bond acceptors (Lipinski definition) is 3. The first-order valence-corrected chi connectivity index (χ1v) is 6.42. The Morgan fingerprint density at radius 3 is 2.80 bits per heavy atom. The number of amides is 1. The molecule has 0 aliphatic carbocycles. The molecule has 0 unspecified atom stereocenters. The van der Waals surface area contributed by atoms with Crippen molar-refractivity contribution >= 4 is 28.6 Å². The highest BCUT2D eigenvalue weighted by molar-refractivity contribution is 7.10. The van der Waals surface area contributed by atoms with Gasteiger partial charge in [-0.3, -0.25) is 4.79 Å². The summed E-state index contributed by atoms with van der Waals surface area (Å²) in [6.07, 6.45) is 0. The van der Waals surface area contributed by atoms with Crippen molar-refractivity contribution in [2.24, 2.45) is 0 Å². The van der Waals surface area contributed by atoms with Gasteiger partial charge in [0.25, 0.3) is 0 Å². The van der Waals surface area contributed by atoms with Crippen LogP contribution in [0, 0.1) is 0 Å². The van der Waals surface area contributed by atoms with Crippen molar-refractivity contribution in [3.8, 4) is 0 Å². The van der Waals surface area contributed by atoms with Crippen molar-refractivity contribution in [1.29, 1.82) is 0 Å². The molecule has 4 heteroatoms. The molecule has 1 atom stereocenters. The van der Waals surface area contributed by atoms with Gasteiger partial charge >= 0.3 is 0 Å². The highest BCUT2D eigenvalue weighted by Gasteiger charge is 2.15. The van der Waals surface area contributed by atoms with Crippen molar-refractivity contribution in [3.05, 3.63) is 44.8 Å². The van der Waals surface area contributed by atoms with Crippen molar-refractivity contribution < 1.29 is 4.79 Å². The van der Waals surface area contributed by atoms with Gasteiger partial charge in [-0.15, -0.1) is 11.3 Å². The van der Waals surface area contributed by atoms with Crippen LogP contribution >= 0.6 is 22.7 Å². The predicted octanol–water partition coefficient (Wildman–Crippen LogP) is 3.04. The Balaban J connectivity index is 2.29. The molecule has 0 saturated heterocycles. The number of carbonyl (C=O) groups is 1. The van der Waals surface area contributed by atoms with E-state index in [1.807, 2.05) is 29.0 Å². The Morgan fingerprint density at radius 1 is 1.40 bits per heavy atom. The summed E-state index contributed by atoms with van der Waals surface area (Å²) in [5.74, 6) is -0.000370. The van der Waals surface area contributed by atoms with E-state index in [9.17, 15) is 4.79 Å². The molecule has 78 valence electrons. The van der Waals surface area contributed by atoms with Crippen LogP contribution in [0.25, 0.3) is 0 Å². The van der Waals surface area contributed by atoms with E-state index in [0.29, 0.717) is 0 Å². The summed E-state index contributed by atoms with van der Waals surface area (Å²) >= 11 is 3.31. The van der Waals surface area contributed by atoms with Crippen molar-refractivity contribution in [1.82, 2.24) is 5.32 Å². The Hall–Kier alpha value is -1.13. The monoisotopic (exact) mass is 237 g/mol. The molecule has 15 heavy (non-hydrogen) atoms. The van der Waals surface area contributed by atoms with Crippen LogP contribution < -0.4 is 5.32 Å². The van der Waals surface area contributed by atoms with Crippen molar-refractivity contribution in [3.63, 3.8) is 0 Å². The van der Waals surface area contributed by atoms with E-state index < -0.39 is 0 Å². The zero-order valence-corrected chi connectivity index (χ0v) is 9.90. The summed E-state index contributed by atoms with van der Waals surface area (Å²) in [7, 11) is 0. The standard InChI is InChI=1S/C11H11NOS2/c1-8(13)12-11(9-4-6-14-7-9)10-3-2-5-15-10/h2-7,11H,1H3,(H,12,13)/t11-/m0/s1. The van der Waals surface area contributed by atoms with Gasteiger partial charge in [0.15, 0.2) is 0 Å². The van der Waals surface area contributed by atoms with Crippen LogP contribution in [0.1, 0.15) is 23.4 Å². The number of carbonyl (C=O) groups excluding carboxylic acids is 1. The van der Waals surface area contributed by atoms with E-state index >= 15 is 0 Å². The molecule has 2 heterocycles. The van der Waals surface area contributed by atoms with Gasteiger partial charge in [-0.1, -0.05) is 6.07 Å². The molecule has 0 bridgehead atoms.